The zero-order valence-corrected chi connectivity index (χ0v) is 15.4. The number of benzene rings is 1. The molecule has 134 valence electrons. The van der Waals surface area contributed by atoms with Crippen LogP contribution in [-0.4, -0.2) is 53.4 Å². The second-order valence-electron chi connectivity index (χ2n) is 7.38. The Morgan fingerprint density at radius 1 is 1.16 bits per heavy atom. The van der Waals surface area contributed by atoms with Crippen LogP contribution in [0.2, 0.25) is 0 Å². The summed E-state index contributed by atoms with van der Waals surface area (Å²) in [6, 6.07) is 8.48. The molecule has 3 atom stereocenters. The summed E-state index contributed by atoms with van der Waals surface area (Å²) in [7, 11) is 3.69. The van der Waals surface area contributed by atoms with Crippen LogP contribution in [0, 0.1) is 6.92 Å². The third-order valence-corrected chi connectivity index (χ3v) is 6.18. The van der Waals surface area contributed by atoms with Gasteiger partial charge in [-0.3, -0.25) is 4.90 Å². The predicted molar refractivity (Wildman–Crippen MR) is 97.5 cm³/mol. The average molecular weight is 341 g/mol. The van der Waals surface area contributed by atoms with Gasteiger partial charge in [0, 0.05) is 33.4 Å². The minimum atomic E-state index is -0.0206. The molecule has 2 aliphatic rings. The fraction of sp³-hybridized carbons (Fsp3) is 0.600. The number of nitrogens with zero attached hydrogens (tertiary/aromatic N) is 3. The van der Waals surface area contributed by atoms with Crippen LogP contribution in [0.25, 0.3) is 11.0 Å². The molecule has 1 aliphatic heterocycles. The van der Waals surface area contributed by atoms with E-state index in [2.05, 4.69) is 11.8 Å². The van der Waals surface area contributed by atoms with Gasteiger partial charge in [-0.1, -0.05) is 12.1 Å². The van der Waals surface area contributed by atoms with E-state index in [-0.39, 0.29) is 5.60 Å². The monoisotopic (exact) mass is 341 g/mol. The fourth-order valence-electron chi connectivity index (χ4n) is 4.63. The first-order chi connectivity index (χ1) is 12.1. The van der Waals surface area contributed by atoms with Gasteiger partial charge in [-0.25, -0.2) is 9.97 Å². The van der Waals surface area contributed by atoms with Gasteiger partial charge >= 0.3 is 0 Å². The quantitative estimate of drug-likeness (QED) is 0.855. The summed E-state index contributed by atoms with van der Waals surface area (Å²) in [6.45, 7) is 3.94. The lowest BCUT2D eigenvalue weighted by atomic mass is 9.79. The van der Waals surface area contributed by atoms with Crippen molar-refractivity contribution < 1.29 is 9.47 Å². The molecule has 2 heterocycles. The normalized spacial score (nSPS) is 29.9. The number of aryl methyl sites for hydroxylation is 1. The van der Waals surface area contributed by atoms with Crippen LogP contribution >= 0.6 is 0 Å². The highest BCUT2D eigenvalue weighted by Gasteiger charge is 2.51. The van der Waals surface area contributed by atoms with E-state index in [4.69, 9.17) is 19.4 Å². The third kappa shape index (κ3) is 2.94. The first kappa shape index (κ1) is 16.9. The first-order valence-electron chi connectivity index (χ1n) is 9.19. The topological polar surface area (TPSA) is 47.5 Å². The van der Waals surface area contributed by atoms with Gasteiger partial charge in [-0.2, -0.15) is 0 Å². The lowest BCUT2D eigenvalue weighted by Crippen LogP contribution is -2.51. The Morgan fingerprint density at radius 3 is 2.64 bits per heavy atom. The van der Waals surface area contributed by atoms with Gasteiger partial charge < -0.3 is 9.47 Å². The molecule has 0 bridgehead atoms. The van der Waals surface area contributed by atoms with E-state index in [0.717, 1.165) is 61.2 Å². The van der Waals surface area contributed by atoms with Crippen LogP contribution < -0.4 is 0 Å². The van der Waals surface area contributed by atoms with Crippen LogP contribution in [0.5, 0.6) is 0 Å². The van der Waals surface area contributed by atoms with Crippen molar-refractivity contribution in [3.8, 4) is 0 Å². The highest BCUT2D eigenvalue weighted by atomic mass is 16.5. The molecular formula is C20H27N3O2. The maximum absolute atomic E-state index is 6.03. The molecule has 0 radical (unpaired) electrons. The molecule has 1 aromatic carbocycles. The number of hydrogen-bond acceptors (Lipinski definition) is 5. The van der Waals surface area contributed by atoms with Crippen LogP contribution in [0.15, 0.2) is 24.3 Å². The second kappa shape index (κ2) is 6.63. The Balaban J connectivity index is 1.61. The molecule has 1 saturated carbocycles. The molecular weight excluding hydrogens is 314 g/mol. The Labute approximate surface area is 149 Å². The smallest absolute Gasteiger partial charge is 0.0890 e. The van der Waals surface area contributed by atoms with E-state index in [1.54, 1.807) is 0 Å². The van der Waals surface area contributed by atoms with E-state index in [9.17, 15) is 0 Å². The van der Waals surface area contributed by atoms with Crippen molar-refractivity contribution in [1.82, 2.24) is 14.9 Å². The van der Waals surface area contributed by atoms with Crippen molar-refractivity contribution in [2.75, 3.05) is 20.8 Å². The van der Waals surface area contributed by atoms with Gasteiger partial charge in [0.05, 0.1) is 34.1 Å². The molecule has 1 aromatic heterocycles. The summed E-state index contributed by atoms with van der Waals surface area (Å²) in [4.78, 5) is 12.2. The van der Waals surface area contributed by atoms with Gasteiger partial charge in [0.1, 0.15) is 0 Å². The maximum atomic E-state index is 6.03. The second-order valence-corrected chi connectivity index (χ2v) is 7.38. The molecule has 5 heteroatoms. The summed E-state index contributed by atoms with van der Waals surface area (Å²) >= 11 is 0. The molecule has 25 heavy (non-hydrogen) atoms. The van der Waals surface area contributed by atoms with Crippen molar-refractivity contribution >= 4 is 11.0 Å². The first-order valence-corrected chi connectivity index (χ1v) is 9.19. The molecule has 0 N–H and O–H groups in total. The number of likely N-dealkylation sites (tertiary alicyclic amines) is 1. The fourth-order valence-corrected chi connectivity index (χ4v) is 4.63. The van der Waals surface area contributed by atoms with E-state index in [1.807, 2.05) is 38.5 Å². The van der Waals surface area contributed by atoms with Gasteiger partial charge in [0.15, 0.2) is 0 Å². The van der Waals surface area contributed by atoms with Crippen molar-refractivity contribution in [3.63, 3.8) is 0 Å². The van der Waals surface area contributed by atoms with E-state index < -0.39 is 0 Å². The van der Waals surface area contributed by atoms with Gasteiger partial charge in [0.25, 0.3) is 0 Å². The molecule has 2 fully saturated rings. The van der Waals surface area contributed by atoms with Gasteiger partial charge in [0.2, 0.25) is 0 Å². The summed E-state index contributed by atoms with van der Waals surface area (Å²) in [5, 5.41) is 0. The highest BCUT2D eigenvalue weighted by Crippen LogP contribution is 2.43. The van der Waals surface area contributed by atoms with Crippen molar-refractivity contribution in [2.24, 2.45) is 0 Å². The molecule has 1 saturated heterocycles. The zero-order chi connectivity index (χ0) is 17.4. The summed E-state index contributed by atoms with van der Waals surface area (Å²) < 4.78 is 11.7. The molecule has 0 spiro atoms. The number of aromatic nitrogens is 2. The largest absolute Gasteiger partial charge is 0.381 e. The average Bonchev–Trinajstić information content (AvgIpc) is 3.00. The van der Waals surface area contributed by atoms with Crippen LogP contribution in [-0.2, 0) is 16.0 Å². The maximum Gasteiger partial charge on any atom is 0.0890 e. The number of hydrogen-bond donors (Lipinski definition) is 0. The Bertz CT molecular complexity index is 766. The molecule has 1 aliphatic carbocycles. The zero-order valence-electron chi connectivity index (χ0n) is 15.4. The summed E-state index contributed by atoms with van der Waals surface area (Å²) in [6.07, 6.45) is 4.61. The summed E-state index contributed by atoms with van der Waals surface area (Å²) in [5.74, 6) is 0. The van der Waals surface area contributed by atoms with Gasteiger partial charge in [-0.05, 0) is 44.7 Å². The molecule has 4 rings (SSSR count). The number of ether oxygens (including phenoxy) is 2. The van der Waals surface area contributed by atoms with E-state index >= 15 is 0 Å². The number of methoxy groups -OCH3 is 2. The Hall–Kier alpha value is -1.56. The molecule has 2 aromatic rings. The lowest BCUT2D eigenvalue weighted by Gasteiger charge is -2.43. The van der Waals surface area contributed by atoms with E-state index in [0.29, 0.717) is 12.1 Å². The third-order valence-electron chi connectivity index (χ3n) is 6.18. The Morgan fingerprint density at radius 2 is 1.92 bits per heavy atom. The SMILES string of the molecule is CO[C@@H]1CC[C@@]2(OC)CCN(Cc3nc4ccccc4nc3C)[C@H]2C1. The number of para-hydroxylation sites is 2. The van der Waals surface area contributed by atoms with Gasteiger partial charge in [-0.15, -0.1) is 0 Å². The van der Waals surface area contributed by atoms with Crippen molar-refractivity contribution in [2.45, 2.75) is 56.9 Å². The van der Waals surface area contributed by atoms with Crippen LogP contribution in [0.4, 0.5) is 0 Å². The minimum Gasteiger partial charge on any atom is -0.381 e. The predicted octanol–water partition coefficient (Wildman–Crippen LogP) is 3.10. The molecule has 0 unspecified atom stereocenters. The van der Waals surface area contributed by atoms with Crippen LogP contribution in [0.3, 0.4) is 0 Å². The lowest BCUT2D eigenvalue weighted by molar-refractivity contribution is -0.0948. The standard InChI is InChI=1S/C20H27N3O2/c1-14-18(22-17-7-5-4-6-16(17)21-14)13-23-11-10-20(25-3)9-8-15(24-2)12-19(20)23/h4-7,15,19H,8-13H2,1-3H3/t15-,19+,20-/m1/s1. The highest BCUT2D eigenvalue weighted by molar-refractivity contribution is 5.74. The van der Waals surface area contributed by atoms with E-state index in [1.165, 1.54) is 0 Å². The summed E-state index contributed by atoms with van der Waals surface area (Å²) in [5.41, 5.74) is 4.01. The minimum absolute atomic E-state index is 0.0206. The molecule has 5 nitrogen and oxygen atoms in total. The Kier molecular flexibility index (Phi) is 4.48. The molecule has 0 amide bonds. The number of fused-ring (bicyclic) bond motifs is 2. The van der Waals surface area contributed by atoms with Crippen molar-refractivity contribution in [3.05, 3.63) is 35.7 Å². The number of rotatable bonds is 4. The van der Waals surface area contributed by atoms with Crippen LogP contribution in [0.1, 0.15) is 37.1 Å². The van der Waals surface area contributed by atoms with Crippen molar-refractivity contribution in [1.29, 1.82) is 0 Å².